The molecule has 4 atom stereocenters. The number of methoxy groups -OCH3 is 1. The predicted molar refractivity (Wildman–Crippen MR) is 117 cm³/mol. The number of nitrogens with one attached hydrogen (secondary N) is 5. The first-order valence-corrected chi connectivity index (χ1v) is 10.3. The molecule has 0 saturated carbocycles. The van der Waals surface area contributed by atoms with Crippen molar-refractivity contribution in [2.75, 3.05) is 17.7 Å². The van der Waals surface area contributed by atoms with Crippen LogP contribution in [0.15, 0.2) is 42.5 Å². The summed E-state index contributed by atoms with van der Waals surface area (Å²) in [7, 11) is 1.30. The Kier molecular flexibility index (Phi) is 6.27. The molecule has 3 amide bonds. The van der Waals surface area contributed by atoms with Gasteiger partial charge in [-0.2, -0.15) is 0 Å². The minimum atomic E-state index is -1.02. The van der Waals surface area contributed by atoms with Crippen LogP contribution < -0.4 is 31.3 Å². The van der Waals surface area contributed by atoms with Crippen LogP contribution in [0.3, 0.4) is 0 Å². The molecule has 5 N–H and O–H groups in total. The van der Waals surface area contributed by atoms with E-state index in [0.717, 1.165) is 6.07 Å². The molecule has 12 nitrogen and oxygen atoms in total. The average Bonchev–Trinajstić information content (AvgIpc) is 2.79. The molecule has 0 bridgehead atoms. The van der Waals surface area contributed by atoms with Gasteiger partial charge in [-0.3, -0.25) is 29.8 Å². The van der Waals surface area contributed by atoms with Crippen molar-refractivity contribution >= 4 is 34.8 Å². The maximum atomic E-state index is 13.1. The van der Waals surface area contributed by atoms with Gasteiger partial charge in [-0.1, -0.05) is 0 Å². The third kappa shape index (κ3) is 4.73. The Morgan fingerprint density at radius 1 is 1.18 bits per heavy atom. The molecular formula is C21H21FN6O6. The summed E-state index contributed by atoms with van der Waals surface area (Å²) < 4.78 is 18.3. The number of non-ortho nitro benzene ring substituents is 1. The smallest absolute Gasteiger partial charge is 0.273 e. The molecule has 2 aromatic rings. The highest BCUT2D eigenvalue weighted by Gasteiger charge is 2.48. The molecule has 2 saturated heterocycles. The number of amides is 3. The number of halogens is 1. The van der Waals surface area contributed by atoms with Gasteiger partial charge in [0, 0.05) is 18.2 Å². The number of carbonyl (C=O) groups is 3. The number of nitrogens with zero attached hydrogens (tertiary/aromatic N) is 1. The van der Waals surface area contributed by atoms with Gasteiger partial charge in [0.25, 0.3) is 5.69 Å². The predicted octanol–water partition coefficient (Wildman–Crippen LogP) is 0.874. The fourth-order valence-corrected chi connectivity index (χ4v) is 3.99. The van der Waals surface area contributed by atoms with Crippen molar-refractivity contribution in [1.29, 1.82) is 0 Å². The summed E-state index contributed by atoms with van der Waals surface area (Å²) >= 11 is 0. The lowest BCUT2D eigenvalue weighted by atomic mass is 9.81. The van der Waals surface area contributed by atoms with Crippen LogP contribution in [0, 0.1) is 27.8 Å². The Morgan fingerprint density at radius 2 is 1.91 bits per heavy atom. The molecule has 2 fully saturated rings. The summed E-state index contributed by atoms with van der Waals surface area (Å²) in [6.07, 6.45) is -1.86. The zero-order valence-corrected chi connectivity index (χ0v) is 17.8. The summed E-state index contributed by atoms with van der Waals surface area (Å²) in [5.74, 6) is -3.80. The summed E-state index contributed by atoms with van der Waals surface area (Å²) in [6, 6.07) is 9.17. The van der Waals surface area contributed by atoms with Gasteiger partial charge in [-0.25, -0.2) is 4.39 Å². The van der Waals surface area contributed by atoms with Crippen molar-refractivity contribution in [1.82, 2.24) is 16.0 Å². The topological polar surface area (TPSA) is 164 Å². The molecule has 0 radical (unpaired) electrons. The quantitative estimate of drug-likeness (QED) is 0.305. The van der Waals surface area contributed by atoms with E-state index in [1.54, 1.807) is 0 Å². The summed E-state index contributed by atoms with van der Waals surface area (Å²) in [4.78, 5) is 48.7. The van der Waals surface area contributed by atoms with E-state index < -0.39 is 52.8 Å². The van der Waals surface area contributed by atoms with Crippen LogP contribution in [0.5, 0.6) is 5.75 Å². The Morgan fingerprint density at radius 3 is 2.59 bits per heavy atom. The number of nitro groups is 1. The van der Waals surface area contributed by atoms with Crippen LogP contribution >= 0.6 is 0 Å². The fraction of sp³-hybridized carbons (Fsp3) is 0.286. The second kappa shape index (κ2) is 9.31. The van der Waals surface area contributed by atoms with E-state index in [9.17, 15) is 28.9 Å². The third-order valence-electron chi connectivity index (χ3n) is 5.60. The number of carbonyl (C=O) groups excluding carboxylic acids is 3. The first-order chi connectivity index (χ1) is 16.2. The van der Waals surface area contributed by atoms with Crippen molar-refractivity contribution in [3.8, 4) is 5.75 Å². The van der Waals surface area contributed by atoms with Crippen molar-refractivity contribution in [2.45, 2.75) is 18.9 Å². The Hall–Kier alpha value is -4.26. The van der Waals surface area contributed by atoms with Gasteiger partial charge in [-0.15, -0.1) is 0 Å². The van der Waals surface area contributed by atoms with Crippen molar-refractivity contribution < 1.29 is 28.4 Å². The second-order valence-corrected chi connectivity index (χ2v) is 7.77. The Labute approximate surface area is 192 Å². The van der Waals surface area contributed by atoms with E-state index in [4.69, 9.17) is 4.74 Å². The number of piperidine rings is 1. The van der Waals surface area contributed by atoms with E-state index in [1.807, 2.05) is 0 Å². The fourth-order valence-electron chi connectivity index (χ4n) is 3.99. The monoisotopic (exact) mass is 472 g/mol. The highest BCUT2D eigenvalue weighted by Crippen LogP contribution is 2.32. The molecule has 0 spiro atoms. The largest absolute Gasteiger partial charge is 0.494 e. The SMILES string of the molecule is COc1cc([N+](=O)[O-])ccc1NC(=O)C1CC(=O)NC2NC(Nc3ccc(F)cc3)NC(=O)C21. The minimum Gasteiger partial charge on any atom is -0.494 e. The van der Waals surface area contributed by atoms with E-state index in [0.29, 0.717) is 5.69 Å². The molecular weight excluding hydrogens is 451 g/mol. The van der Waals surface area contributed by atoms with Crippen molar-refractivity contribution in [3.05, 3.63) is 58.4 Å². The van der Waals surface area contributed by atoms with Crippen LogP contribution in [0.25, 0.3) is 0 Å². The van der Waals surface area contributed by atoms with Gasteiger partial charge < -0.3 is 26.0 Å². The standard InChI is InChI=1S/C21H21FN6O6/c1-34-15-8-12(28(32)33)6-7-14(15)24-19(30)13-9-16(29)25-18-17(13)20(31)27-21(26-18)23-11-4-2-10(22)3-5-11/h2-8,13,17-18,21,23,26H,9H2,1H3,(H,24,30)(H,25,29)(H,27,31). The molecule has 4 unspecified atom stereocenters. The van der Waals surface area contributed by atoms with E-state index in [-0.39, 0.29) is 23.5 Å². The lowest BCUT2D eigenvalue weighted by Gasteiger charge is -2.43. The number of fused-ring (bicyclic) bond motifs is 1. The molecule has 0 aliphatic carbocycles. The summed E-state index contributed by atoms with van der Waals surface area (Å²) in [6.45, 7) is 0. The number of rotatable bonds is 6. The molecule has 2 heterocycles. The molecule has 2 aliphatic rings. The average molecular weight is 472 g/mol. The van der Waals surface area contributed by atoms with Gasteiger partial charge in [0.1, 0.15) is 11.6 Å². The third-order valence-corrected chi connectivity index (χ3v) is 5.60. The van der Waals surface area contributed by atoms with Gasteiger partial charge in [-0.05, 0) is 30.3 Å². The van der Waals surface area contributed by atoms with Crippen LogP contribution in [0.4, 0.5) is 21.5 Å². The Balaban J connectivity index is 1.49. The number of hydrogen-bond acceptors (Lipinski definition) is 8. The van der Waals surface area contributed by atoms with Crippen LogP contribution in [0.2, 0.25) is 0 Å². The highest BCUT2D eigenvalue weighted by molar-refractivity contribution is 6.01. The van der Waals surface area contributed by atoms with Gasteiger partial charge >= 0.3 is 0 Å². The van der Waals surface area contributed by atoms with Gasteiger partial charge in [0.2, 0.25) is 17.7 Å². The lowest BCUT2D eigenvalue weighted by Crippen LogP contribution is -2.72. The first-order valence-electron chi connectivity index (χ1n) is 10.3. The van der Waals surface area contributed by atoms with E-state index in [2.05, 4.69) is 26.6 Å². The number of benzene rings is 2. The maximum absolute atomic E-state index is 13.1. The first kappa shape index (κ1) is 22.9. The number of hydrogen-bond donors (Lipinski definition) is 5. The molecule has 0 aromatic heterocycles. The Bertz CT molecular complexity index is 1140. The molecule has 2 aliphatic heterocycles. The lowest BCUT2D eigenvalue weighted by molar-refractivity contribution is -0.384. The second-order valence-electron chi connectivity index (χ2n) is 7.77. The number of anilines is 2. The summed E-state index contributed by atoms with van der Waals surface area (Å²) in [5, 5.41) is 24.9. The zero-order chi connectivity index (χ0) is 24.4. The number of nitro benzene ring substituents is 1. The molecule has 13 heteroatoms. The molecule has 178 valence electrons. The van der Waals surface area contributed by atoms with Crippen molar-refractivity contribution in [3.63, 3.8) is 0 Å². The minimum absolute atomic E-state index is 0.0640. The molecule has 34 heavy (non-hydrogen) atoms. The normalized spacial score (nSPS) is 23.7. The van der Waals surface area contributed by atoms with Gasteiger partial charge in [0.05, 0.1) is 41.8 Å². The zero-order valence-electron chi connectivity index (χ0n) is 17.8. The van der Waals surface area contributed by atoms with Crippen LogP contribution in [0.1, 0.15) is 6.42 Å². The van der Waals surface area contributed by atoms with Crippen molar-refractivity contribution in [2.24, 2.45) is 11.8 Å². The van der Waals surface area contributed by atoms with Gasteiger partial charge in [0.15, 0.2) is 6.29 Å². The summed E-state index contributed by atoms with van der Waals surface area (Å²) in [5.41, 5.74) is 0.475. The van der Waals surface area contributed by atoms with E-state index >= 15 is 0 Å². The molecule has 4 rings (SSSR count). The highest BCUT2D eigenvalue weighted by atomic mass is 19.1. The maximum Gasteiger partial charge on any atom is 0.273 e. The van der Waals surface area contributed by atoms with Crippen LogP contribution in [-0.4, -0.2) is 42.2 Å². The van der Waals surface area contributed by atoms with E-state index in [1.165, 1.54) is 43.5 Å². The number of ether oxygens (including phenoxy) is 1. The van der Waals surface area contributed by atoms with Crippen LogP contribution in [-0.2, 0) is 14.4 Å². The molecule has 2 aromatic carbocycles.